The summed E-state index contributed by atoms with van der Waals surface area (Å²) in [6.45, 7) is 17.5. The standard InChI is InChI=1S/C28H39N5.C8H14FN/c1-6-26-31-25-14-22-20(12-13-24(30)23(22)15-29)18(2)10-8-7-9-11-21(25)27(32-26)33-16-19(17-33)28(3,4)5;1-8-3-2-4-10(8)6-7(9)5-8/h12-13,18-19H,6-11,14,16-17,30H2,1-5H3;7H,2-6H2,1H3. The summed E-state index contributed by atoms with van der Waals surface area (Å²) in [6.07, 6.45) is 9.84. The van der Waals surface area contributed by atoms with Gasteiger partial charge in [-0.05, 0) is 86.4 Å². The molecule has 6 rings (SSSR count). The molecule has 3 unspecified atom stereocenters. The first kappa shape index (κ1) is 31.7. The van der Waals surface area contributed by atoms with E-state index in [1.807, 2.05) is 6.07 Å². The first-order chi connectivity index (χ1) is 20.4. The van der Waals surface area contributed by atoms with Gasteiger partial charge < -0.3 is 10.6 Å². The first-order valence-electron chi connectivity index (χ1n) is 16.8. The van der Waals surface area contributed by atoms with E-state index in [-0.39, 0.29) is 5.54 Å². The Labute approximate surface area is 259 Å². The molecule has 2 N–H and O–H groups in total. The van der Waals surface area contributed by atoms with Crippen molar-refractivity contribution in [3.63, 3.8) is 0 Å². The zero-order chi connectivity index (χ0) is 30.9. The summed E-state index contributed by atoms with van der Waals surface area (Å²) < 4.78 is 12.8. The van der Waals surface area contributed by atoms with Crippen LogP contribution in [-0.2, 0) is 19.3 Å². The van der Waals surface area contributed by atoms with Crippen LogP contribution in [0.4, 0.5) is 15.9 Å². The highest BCUT2D eigenvalue weighted by Gasteiger charge is 2.44. The van der Waals surface area contributed by atoms with Crippen LogP contribution in [0.3, 0.4) is 0 Å². The summed E-state index contributed by atoms with van der Waals surface area (Å²) in [5, 5.41) is 9.98. The quantitative estimate of drug-likeness (QED) is 0.369. The van der Waals surface area contributed by atoms with E-state index in [4.69, 9.17) is 15.7 Å². The van der Waals surface area contributed by atoms with E-state index in [1.54, 1.807) is 0 Å². The van der Waals surface area contributed by atoms with Gasteiger partial charge in [-0.3, -0.25) is 4.90 Å². The molecule has 0 spiro atoms. The molecule has 0 radical (unpaired) electrons. The number of nitrogens with zero attached hydrogens (tertiary/aromatic N) is 5. The second-order valence-electron chi connectivity index (χ2n) is 14.9. The van der Waals surface area contributed by atoms with E-state index in [1.165, 1.54) is 36.8 Å². The Kier molecular flexibility index (Phi) is 9.37. The Morgan fingerprint density at radius 1 is 1.09 bits per heavy atom. The van der Waals surface area contributed by atoms with Crippen molar-refractivity contribution in [2.24, 2.45) is 11.3 Å². The van der Waals surface area contributed by atoms with E-state index < -0.39 is 6.17 Å². The highest BCUT2D eigenvalue weighted by atomic mass is 19.1. The van der Waals surface area contributed by atoms with Crippen molar-refractivity contribution < 1.29 is 4.39 Å². The molecule has 3 atom stereocenters. The largest absolute Gasteiger partial charge is 0.398 e. The third-order valence-electron chi connectivity index (χ3n) is 10.8. The van der Waals surface area contributed by atoms with E-state index in [0.29, 0.717) is 41.5 Å². The number of halogens is 1. The lowest BCUT2D eigenvalue weighted by Gasteiger charge is -2.47. The molecule has 2 aromatic rings. The summed E-state index contributed by atoms with van der Waals surface area (Å²) in [6, 6.07) is 6.45. The normalized spacial score (nSPS) is 26.2. The molecule has 0 amide bonds. The van der Waals surface area contributed by atoms with Gasteiger partial charge in [-0.1, -0.05) is 53.5 Å². The lowest BCUT2D eigenvalue weighted by Crippen LogP contribution is -2.53. The SMILES string of the molecule is CC12CCCN1CC(F)C2.CCc1nc2c(c(N3CC(C(C)(C)C)C3)n1)CCCCCC(C)c1ccc(N)c(C#N)c1C2. The van der Waals surface area contributed by atoms with Gasteiger partial charge in [0.15, 0.2) is 0 Å². The molecule has 3 aliphatic heterocycles. The number of anilines is 2. The Balaban J connectivity index is 0.000000308. The fourth-order valence-electron chi connectivity index (χ4n) is 7.71. The van der Waals surface area contributed by atoms with Gasteiger partial charge in [-0.25, -0.2) is 14.4 Å². The maximum atomic E-state index is 12.8. The van der Waals surface area contributed by atoms with Gasteiger partial charge in [-0.2, -0.15) is 5.26 Å². The van der Waals surface area contributed by atoms with Gasteiger partial charge >= 0.3 is 0 Å². The summed E-state index contributed by atoms with van der Waals surface area (Å²) in [5.41, 5.74) is 12.7. The van der Waals surface area contributed by atoms with Crippen LogP contribution >= 0.6 is 0 Å². The molecule has 3 fully saturated rings. The molecule has 1 aliphatic carbocycles. The van der Waals surface area contributed by atoms with Crippen LogP contribution in [-0.4, -0.2) is 52.8 Å². The third kappa shape index (κ3) is 6.70. The molecule has 1 aromatic carbocycles. The number of benzene rings is 1. The smallest absolute Gasteiger partial charge is 0.135 e. The fourth-order valence-corrected chi connectivity index (χ4v) is 7.71. The number of aryl methyl sites for hydroxylation is 1. The maximum absolute atomic E-state index is 12.8. The van der Waals surface area contributed by atoms with Gasteiger partial charge in [0, 0.05) is 49.3 Å². The van der Waals surface area contributed by atoms with Crippen molar-refractivity contribution in [3.8, 4) is 6.07 Å². The minimum atomic E-state index is -0.551. The number of rotatable bonds is 2. The minimum Gasteiger partial charge on any atom is -0.398 e. The van der Waals surface area contributed by atoms with Crippen LogP contribution in [0.15, 0.2) is 12.1 Å². The number of nitriles is 1. The van der Waals surface area contributed by atoms with Crippen molar-refractivity contribution in [2.75, 3.05) is 36.8 Å². The predicted octanol–water partition coefficient (Wildman–Crippen LogP) is 7.37. The Hall–Kier alpha value is -2.72. The van der Waals surface area contributed by atoms with Gasteiger partial charge in [0.1, 0.15) is 23.9 Å². The van der Waals surface area contributed by atoms with Crippen molar-refractivity contribution in [3.05, 3.63) is 45.9 Å². The van der Waals surface area contributed by atoms with Crippen LogP contribution in [0.5, 0.6) is 0 Å². The number of alkyl halides is 1. The minimum absolute atomic E-state index is 0.236. The van der Waals surface area contributed by atoms with E-state index in [0.717, 1.165) is 74.6 Å². The van der Waals surface area contributed by atoms with E-state index in [2.05, 4.69) is 63.5 Å². The van der Waals surface area contributed by atoms with Crippen LogP contribution in [0, 0.1) is 22.7 Å². The second-order valence-corrected chi connectivity index (χ2v) is 14.9. The highest BCUT2D eigenvalue weighted by Crippen LogP contribution is 2.40. The van der Waals surface area contributed by atoms with E-state index >= 15 is 0 Å². The Morgan fingerprint density at radius 3 is 2.53 bits per heavy atom. The molecular formula is C36H53FN6. The Bertz CT molecular complexity index is 1340. The molecule has 0 bridgehead atoms. The number of nitrogen functional groups attached to an aromatic ring is 1. The average Bonchev–Trinajstić information content (AvgIpc) is 3.39. The Morgan fingerprint density at radius 2 is 1.86 bits per heavy atom. The zero-order valence-electron chi connectivity index (χ0n) is 27.5. The zero-order valence-corrected chi connectivity index (χ0v) is 27.5. The summed E-state index contributed by atoms with van der Waals surface area (Å²) >= 11 is 0. The van der Waals surface area contributed by atoms with Crippen LogP contribution in [0.2, 0.25) is 0 Å². The van der Waals surface area contributed by atoms with Crippen LogP contribution in [0.25, 0.3) is 0 Å². The lowest BCUT2D eigenvalue weighted by atomic mass is 9.76. The molecular weight excluding hydrogens is 535 g/mol. The van der Waals surface area contributed by atoms with E-state index in [9.17, 15) is 9.65 Å². The van der Waals surface area contributed by atoms with Crippen molar-refractivity contribution in [1.82, 2.24) is 14.9 Å². The summed E-state index contributed by atoms with van der Waals surface area (Å²) in [5.74, 6) is 3.12. The van der Waals surface area contributed by atoms with Gasteiger partial charge in [0.25, 0.3) is 0 Å². The molecule has 0 saturated carbocycles. The molecule has 43 heavy (non-hydrogen) atoms. The van der Waals surface area contributed by atoms with Gasteiger partial charge in [0.2, 0.25) is 0 Å². The third-order valence-corrected chi connectivity index (χ3v) is 10.8. The number of aromatic nitrogens is 2. The topological polar surface area (TPSA) is 82.1 Å². The molecule has 6 nitrogen and oxygen atoms in total. The number of hydrogen-bond donors (Lipinski definition) is 1. The predicted molar refractivity (Wildman–Crippen MR) is 174 cm³/mol. The molecule has 3 saturated heterocycles. The second kappa shape index (κ2) is 12.7. The summed E-state index contributed by atoms with van der Waals surface area (Å²) in [7, 11) is 0. The number of nitrogens with two attached hydrogens (primary N) is 1. The molecule has 7 heteroatoms. The molecule has 4 heterocycles. The molecule has 4 aliphatic rings. The van der Waals surface area contributed by atoms with Gasteiger partial charge in [-0.15, -0.1) is 0 Å². The monoisotopic (exact) mass is 588 g/mol. The molecule has 1 aromatic heterocycles. The molecule has 234 valence electrons. The highest BCUT2D eigenvalue weighted by molar-refractivity contribution is 5.62. The lowest BCUT2D eigenvalue weighted by molar-refractivity contribution is 0.194. The van der Waals surface area contributed by atoms with Crippen molar-refractivity contribution in [1.29, 1.82) is 5.26 Å². The fraction of sp³-hybridized carbons (Fsp3) is 0.694. The number of hydrogen-bond acceptors (Lipinski definition) is 6. The first-order valence-corrected chi connectivity index (χ1v) is 16.8. The average molecular weight is 589 g/mol. The van der Waals surface area contributed by atoms with Gasteiger partial charge in [0.05, 0.1) is 11.3 Å². The van der Waals surface area contributed by atoms with Crippen molar-refractivity contribution in [2.45, 2.75) is 123 Å². The summed E-state index contributed by atoms with van der Waals surface area (Å²) in [4.78, 5) is 14.9. The maximum Gasteiger partial charge on any atom is 0.135 e. The number of fused-ring (bicyclic) bond motifs is 3. The van der Waals surface area contributed by atoms with Crippen LogP contribution in [0.1, 0.15) is 126 Å². The van der Waals surface area contributed by atoms with Crippen LogP contribution < -0.4 is 10.6 Å². The van der Waals surface area contributed by atoms with Crippen molar-refractivity contribution >= 4 is 11.5 Å².